The first-order chi connectivity index (χ1) is 15.7. The minimum absolute atomic E-state index is 0.0202. The van der Waals surface area contributed by atoms with Crippen LogP contribution in [-0.4, -0.2) is 26.6 Å². The highest BCUT2D eigenvalue weighted by molar-refractivity contribution is 7.91. The lowest BCUT2D eigenvalue weighted by Gasteiger charge is -2.17. The van der Waals surface area contributed by atoms with E-state index in [0.717, 1.165) is 6.92 Å². The van der Waals surface area contributed by atoms with E-state index in [0.29, 0.717) is 5.56 Å². The quantitative estimate of drug-likeness (QED) is 0.390. The second kappa shape index (κ2) is 9.40. The largest absolute Gasteiger partial charge is 0.435 e. The molecule has 1 amide bonds. The van der Waals surface area contributed by atoms with Gasteiger partial charge in [0.05, 0.1) is 14.8 Å². The monoisotopic (exact) mass is 532 g/mol. The molecule has 13 heteroatoms. The van der Waals surface area contributed by atoms with Crippen LogP contribution in [0.3, 0.4) is 0 Å². The summed E-state index contributed by atoms with van der Waals surface area (Å²) in [5.41, 5.74) is -1.69. The number of carbonyl (C=O) groups is 1. The predicted molar refractivity (Wildman–Crippen MR) is 122 cm³/mol. The summed E-state index contributed by atoms with van der Waals surface area (Å²) in [4.78, 5) is 13.2. The standard InChI is InChI=1S/C21H17Cl2F3N4O3S/c1-10-7-8-14(17(23)16(10)22)33-20-15(11(2)18(29-30-20)21(24,25)26)19(31)28-12-5-4-6-13(9-12)34(3,27)32/h4-9,27H,1-3H3,(H,28,31). The number of nitrogens with one attached hydrogen (secondary N) is 2. The van der Waals surface area contributed by atoms with Gasteiger partial charge in [0, 0.05) is 16.8 Å². The number of halogens is 5. The van der Waals surface area contributed by atoms with Gasteiger partial charge in [0.25, 0.3) is 11.8 Å². The zero-order valence-corrected chi connectivity index (χ0v) is 20.2. The summed E-state index contributed by atoms with van der Waals surface area (Å²) < 4.78 is 65.6. The maximum absolute atomic E-state index is 13.5. The van der Waals surface area contributed by atoms with E-state index in [1.54, 1.807) is 13.0 Å². The molecule has 34 heavy (non-hydrogen) atoms. The third-order valence-electron chi connectivity index (χ3n) is 4.67. The van der Waals surface area contributed by atoms with E-state index >= 15 is 0 Å². The Labute approximate surface area is 203 Å². The van der Waals surface area contributed by atoms with Crippen LogP contribution in [-0.2, 0) is 15.9 Å². The van der Waals surface area contributed by atoms with Gasteiger partial charge in [-0.25, -0.2) is 8.99 Å². The maximum atomic E-state index is 13.5. The molecule has 0 saturated heterocycles. The molecule has 2 aromatic carbocycles. The molecule has 1 atom stereocenters. The Bertz CT molecular complexity index is 1400. The van der Waals surface area contributed by atoms with Gasteiger partial charge in [0.2, 0.25) is 0 Å². The summed E-state index contributed by atoms with van der Waals surface area (Å²) in [6, 6.07) is 8.60. The van der Waals surface area contributed by atoms with Crippen molar-refractivity contribution < 1.29 is 26.9 Å². The van der Waals surface area contributed by atoms with Crippen LogP contribution in [0.4, 0.5) is 18.9 Å². The molecule has 1 aromatic heterocycles. The van der Waals surface area contributed by atoms with Crippen molar-refractivity contribution in [2.24, 2.45) is 0 Å². The number of nitrogens with zero attached hydrogens (tertiary/aromatic N) is 2. The maximum Gasteiger partial charge on any atom is 0.435 e. The number of anilines is 1. The zero-order chi connectivity index (χ0) is 25.4. The van der Waals surface area contributed by atoms with Gasteiger partial charge in [-0.05, 0) is 49.2 Å². The van der Waals surface area contributed by atoms with Gasteiger partial charge in [-0.2, -0.15) is 13.2 Å². The summed E-state index contributed by atoms with van der Waals surface area (Å²) in [7, 11) is -3.10. The molecule has 180 valence electrons. The molecule has 0 spiro atoms. The molecule has 0 aliphatic heterocycles. The van der Waals surface area contributed by atoms with Crippen molar-refractivity contribution in [2.45, 2.75) is 24.9 Å². The second-order valence-corrected chi connectivity index (χ2v) is 10.2. The van der Waals surface area contributed by atoms with Gasteiger partial charge < -0.3 is 10.1 Å². The van der Waals surface area contributed by atoms with Crippen molar-refractivity contribution in [3.63, 3.8) is 0 Å². The molecule has 3 aromatic rings. The average molecular weight is 533 g/mol. The molecule has 0 aliphatic carbocycles. The van der Waals surface area contributed by atoms with E-state index in [4.69, 9.17) is 32.7 Å². The number of rotatable bonds is 5. The fraction of sp³-hybridized carbons (Fsp3) is 0.190. The molecule has 1 heterocycles. The van der Waals surface area contributed by atoms with Crippen molar-refractivity contribution in [3.05, 3.63) is 68.8 Å². The number of hydrogen-bond acceptors (Lipinski definition) is 6. The smallest absolute Gasteiger partial charge is 0.435 e. The van der Waals surface area contributed by atoms with E-state index < -0.39 is 44.5 Å². The number of benzene rings is 2. The number of amides is 1. The normalized spacial score (nSPS) is 13.3. The lowest BCUT2D eigenvalue weighted by atomic mass is 10.1. The third-order valence-corrected chi connectivity index (χ3v) is 6.78. The molecule has 0 bridgehead atoms. The van der Waals surface area contributed by atoms with Gasteiger partial charge in [-0.15, -0.1) is 10.2 Å². The highest BCUT2D eigenvalue weighted by Crippen LogP contribution is 2.39. The van der Waals surface area contributed by atoms with Gasteiger partial charge in [-0.1, -0.05) is 35.3 Å². The second-order valence-electron chi connectivity index (χ2n) is 7.29. The average Bonchev–Trinajstić information content (AvgIpc) is 2.73. The zero-order valence-electron chi connectivity index (χ0n) is 17.9. The number of hydrogen-bond donors (Lipinski definition) is 2. The van der Waals surface area contributed by atoms with E-state index in [1.165, 1.54) is 36.6 Å². The molecular formula is C21H17Cl2F3N4O3S. The molecule has 0 aliphatic rings. The van der Waals surface area contributed by atoms with Crippen LogP contribution in [0.15, 0.2) is 41.3 Å². The van der Waals surface area contributed by atoms with E-state index in [2.05, 4.69) is 15.5 Å². The Balaban J connectivity index is 2.10. The first kappa shape index (κ1) is 25.7. The highest BCUT2D eigenvalue weighted by atomic mass is 35.5. The van der Waals surface area contributed by atoms with E-state index in [1.807, 2.05) is 0 Å². The topological polar surface area (TPSA) is 105 Å². The minimum atomic E-state index is -4.88. The SMILES string of the molecule is Cc1ccc(Oc2nnc(C(F)(F)F)c(C)c2C(=O)Nc2cccc(S(C)(=N)=O)c2)c(Cl)c1Cl. The van der Waals surface area contributed by atoms with Crippen LogP contribution in [0.1, 0.15) is 27.2 Å². The Morgan fingerprint density at radius 3 is 2.41 bits per heavy atom. The van der Waals surface area contributed by atoms with E-state index in [9.17, 15) is 22.2 Å². The van der Waals surface area contributed by atoms with Crippen molar-refractivity contribution in [2.75, 3.05) is 11.6 Å². The van der Waals surface area contributed by atoms with Crippen LogP contribution < -0.4 is 10.1 Å². The summed E-state index contributed by atoms with van der Waals surface area (Å²) in [6.07, 6.45) is -3.68. The lowest BCUT2D eigenvalue weighted by Crippen LogP contribution is -2.21. The first-order valence-corrected chi connectivity index (χ1v) is 12.1. The van der Waals surface area contributed by atoms with Crippen molar-refractivity contribution in [3.8, 4) is 11.6 Å². The molecule has 0 radical (unpaired) electrons. The summed E-state index contributed by atoms with van der Waals surface area (Å²) >= 11 is 12.3. The van der Waals surface area contributed by atoms with Crippen molar-refractivity contribution >= 4 is 44.5 Å². The van der Waals surface area contributed by atoms with Crippen LogP contribution in [0.5, 0.6) is 11.6 Å². The van der Waals surface area contributed by atoms with Crippen LogP contribution >= 0.6 is 23.2 Å². The highest BCUT2D eigenvalue weighted by Gasteiger charge is 2.38. The molecule has 0 fully saturated rings. The molecule has 0 saturated carbocycles. The third kappa shape index (κ3) is 5.43. The Morgan fingerprint density at radius 1 is 1.12 bits per heavy atom. The molecule has 2 N–H and O–H groups in total. The van der Waals surface area contributed by atoms with Gasteiger partial charge in [0.15, 0.2) is 5.69 Å². The van der Waals surface area contributed by atoms with E-state index in [-0.39, 0.29) is 26.4 Å². The number of ether oxygens (including phenoxy) is 1. The Hall–Kier alpha value is -2.89. The molecule has 7 nitrogen and oxygen atoms in total. The first-order valence-electron chi connectivity index (χ1n) is 9.42. The van der Waals surface area contributed by atoms with Gasteiger partial charge in [0.1, 0.15) is 16.3 Å². The lowest BCUT2D eigenvalue weighted by molar-refractivity contribution is -0.142. The molecule has 3 rings (SSSR count). The van der Waals surface area contributed by atoms with Crippen LogP contribution in [0.25, 0.3) is 0 Å². The summed E-state index contributed by atoms with van der Waals surface area (Å²) in [5.74, 6) is -1.56. The van der Waals surface area contributed by atoms with Crippen LogP contribution in [0.2, 0.25) is 10.0 Å². The Morgan fingerprint density at radius 2 is 1.79 bits per heavy atom. The summed E-state index contributed by atoms with van der Waals surface area (Å²) in [6.45, 7) is 2.75. The van der Waals surface area contributed by atoms with Crippen LogP contribution in [0, 0.1) is 18.6 Å². The minimum Gasteiger partial charge on any atom is -0.435 e. The van der Waals surface area contributed by atoms with Gasteiger partial charge in [-0.3, -0.25) is 4.79 Å². The number of alkyl halides is 3. The van der Waals surface area contributed by atoms with Crippen molar-refractivity contribution in [1.82, 2.24) is 10.2 Å². The summed E-state index contributed by atoms with van der Waals surface area (Å²) in [5, 5.41) is 9.25. The number of carbonyl (C=O) groups excluding carboxylic acids is 1. The number of aromatic nitrogens is 2. The predicted octanol–water partition coefficient (Wildman–Crippen LogP) is 6.50. The fourth-order valence-electron chi connectivity index (χ4n) is 2.93. The molecule has 1 unspecified atom stereocenters. The van der Waals surface area contributed by atoms with Gasteiger partial charge >= 0.3 is 6.18 Å². The molecular weight excluding hydrogens is 516 g/mol. The Kier molecular flexibility index (Phi) is 7.11. The fourth-order valence-corrected chi connectivity index (χ4v) is 4.03. The van der Waals surface area contributed by atoms with Crippen molar-refractivity contribution in [1.29, 1.82) is 4.78 Å². The number of aryl methyl sites for hydroxylation is 1.